The van der Waals surface area contributed by atoms with Crippen molar-refractivity contribution in [3.05, 3.63) is 0 Å². The first kappa shape index (κ1) is 7.98. The largest absolute Gasteiger partial charge is 0.396 e. The molecule has 3 N–H and O–H groups in total. The minimum absolute atomic E-state index is 0.0191. The van der Waals surface area contributed by atoms with Crippen LogP contribution in [0.4, 0.5) is 0 Å². The Morgan fingerprint density at radius 1 is 1.40 bits per heavy atom. The normalized spacial score (nSPS) is 33.0. The topological polar surface area (TPSA) is 52.5 Å². The van der Waals surface area contributed by atoms with E-state index in [4.69, 9.17) is 10.2 Å². The zero-order chi connectivity index (χ0) is 7.45. The Bertz CT molecular complexity index is 99.8. The monoisotopic (exact) mass is 145 g/mol. The second-order valence-corrected chi connectivity index (χ2v) is 3.06. The van der Waals surface area contributed by atoms with Crippen molar-refractivity contribution in [2.75, 3.05) is 26.3 Å². The average molecular weight is 145 g/mol. The number of nitrogens with one attached hydrogen (secondary N) is 1. The number of hydrogen-bond donors (Lipinski definition) is 3. The number of hydrogen-bond acceptors (Lipinski definition) is 3. The van der Waals surface area contributed by atoms with Crippen molar-refractivity contribution >= 4 is 0 Å². The summed E-state index contributed by atoms with van der Waals surface area (Å²) < 4.78 is 0. The molecule has 10 heavy (non-hydrogen) atoms. The van der Waals surface area contributed by atoms with Crippen LogP contribution in [0.3, 0.4) is 0 Å². The SMILES string of the molecule is OCCC1(CO)CCNC1. The molecule has 1 saturated heterocycles. The van der Waals surface area contributed by atoms with Gasteiger partial charge in [-0.3, -0.25) is 0 Å². The van der Waals surface area contributed by atoms with Crippen LogP contribution in [0, 0.1) is 5.41 Å². The van der Waals surface area contributed by atoms with Crippen LogP contribution in [0.5, 0.6) is 0 Å². The van der Waals surface area contributed by atoms with Crippen molar-refractivity contribution in [2.45, 2.75) is 12.8 Å². The molecule has 0 spiro atoms. The van der Waals surface area contributed by atoms with Gasteiger partial charge in [-0.1, -0.05) is 0 Å². The average Bonchev–Trinajstić information content (AvgIpc) is 2.39. The molecule has 60 valence electrons. The molecule has 1 aliphatic heterocycles. The maximum Gasteiger partial charge on any atom is 0.0500 e. The van der Waals surface area contributed by atoms with Gasteiger partial charge in [0, 0.05) is 18.6 Å². The van der Waals surface area contributed by atoms with Crippen molar-refractivity contribution in [1.82, 2.24) is 5.32 Å². The van der Waals surface area contributed by atoms with E-state index in [2.05, 4.69) is 5.32 Å². The highest BCUT2D eigenvalue weighted by Crippen LogP contribution is 2.27. The van der Waals surface area contributed by atoms with E-state index in [1.165, 1.54) is 0 Å². The van der Waals surface area contributed by atoms with Gasteiger partial charge in [-0.05, 0) is 19.4 Å². The molecular formula is C7H15NO2. The van der Waals surface area contributed by atoms with Gasteiger partial charge in [0.1, 0.15) is 0 Å². The van der Waals surface area contributed by atoms with E-state index in [0.717, 1.165) is 25.9 Å². The van der Waals surface area contributed by atoms with Gasteiger partial charge in [-0.15, -0.1) is 0 Å². The highest BCUT2D eigenvalue weighted by atomic mass is 16.3. The minimum atomic E-state index is -0.0191. The summed E-state index contributed by atoms with van der Waals surface area (Å²) in [5.74, 6) is 0. The van der Waals surface area contributed by atoms with Gasteiger partial charge in [-0.25, -0.2) is 0 Å². The Balaban J connectivity index is 2.41. The predicted octanol–water partition coefficient (Wildman–Crippen LogP) is -0.659. The molecule has 1 rings (SSSR count). The Kier molecular flexibility index (Phi) is 2.65. The quantitative estimate of drug-likeness (QED) is 0.494. The van der Waals surface area contributed by atoms with Crippen molar-refractivity contribution in [3.8, 4) is 0 Å². The third-order valence-electron chi connectivity index (χ3n) is 2.31. The summed E-state index contributed by atoms with van der Waals surface area (Å²) in [5, 5.41) is 20.9. The van der Waals surface area contributed by atoms with E-state index in [1.807, 2.05) is 0 Å². The molecule has 0 saturated carbocycles. The molecule has 0 radical (unpaired) electrons. The van der Waals surface area contributed by atoms with Gasteiger partial charge >= 0.3 is 0 Å². The summed E-state index contributed by atoms with van der Waals surface area (Å²) in [5.41, 5.74) is -0.0191. The molecule has 0 aromatic heterocycles. The third kappa shape index (κ3) is 1.48. The highest BCUT2D eigenvalue weighted by molar-refractivity contribution is 4.86. The van der Waals surface area contributed by atoms with E-state index in [-0.39, 0.29) is 18.6 Å². The van der Waals surface area contributed by atoms with Gasteiger partial charge in [0.25, 0.3) is 0 Å². The van der Waals surface area contributed by atoms with Gasteiger partial charge in [0.15, 0.2) is 0 Å². The van der Waals surface area contributed by atoms with Crippen LogP contribution in [0.1, 0.15) is 12.8 Å². The second kappa shape index (κ2) is 3.32. The van der Waals surface area contributed by atoms with Crippen molar-refractivity contribution in [2.24, 2.45) is 5.41 Å². The van der Waals surface area contributed by atoms with E-state index in [0.29, 0.717) is 0 Å². The van der Waals surface area contributed by atoms with Crippen molar-refractivity contribution in [3.63, 3.8) is 0 Å². The Morgan fingerprint density at radius 3 is 2.60 bits per heavy atom. The van der Waals surface area contributed by atoms with Gasteiger partial charge < -0.3 is 15.5 Å². The van der Waals surface area contributed by atoms with E-state index in [9.17, 15) is 0 Å². The van der Waals surface area contributed by atoms with Gasteiger partial charge in [0.2, 0.25) is 0 Å². The molecule has 3 nitrogen and oxygen atoms in total. The maximum absolute atomic E-state index is 9.00. The molecule has 0 amide bonds. The summed E-state index contributed by atoms with van der Waals surface area (Å²) in [6.07, 6.45) is 1.71. The van der Waals surface area contributed by atoms with E-state index in [1.54, 1.807) is 0 Å². The lowest BCUT2D eigenvalue weighted by Crippen LogP contribution is -2.29. The lowest BCUT2D eigenvalue weighted by molar-refractivity contribution is 0.107. The summed E-state index contributed by atoms with van der Waals surface area (Å²) in [6.45, 7) is 2.20. The van der Waals surface area contributed by atoms with E-state index < -0.39 is 0 Å². The second-order valence-electron chi connectivity index (χ2n) is 3.06. The number of aliphatic hydroxyl groups is 2. The fraction of sp³-hybridized carbons (Fsp3) is 1.00. The molecule has 0 aromatic rings. The van der Waals surface area contributed by atoms with Crippen LogP contribution in [0.2, 0.25) is 0 Å². The molecule has 1 fully saturated rings. The standard InChI is InChI=1S/C7H15NO2/c9-4-2-7(6-10)1-3-8-5-7/h8-10H,1-6H2. The fourth-order valence-electron chi connectivity index (χ4n) is 1.46. The summed E-state index contributed by atoms with van der Waals surface area (Å²) >= 11 is 0. The number of rotatable bonds is 3. The van der Waals surface area contributed by atoms with Crippen LogP contribution in [-0.4, -0.2) is 36.5 Å². The molecule has 1 heterocycles. The fourth-order valence-corrected chi connectivity index (χ4v) is 1.46. The first-order valence-corrected chi connectivity index (χ1v) is 3.75. The molecule has 1 unspecified atom stereocenters. The molecule has 0 bridgehead atoms. The third-order valence-corrected chi connectivity index (χ3v) is 2.31. The summed E-state index contributed by atoms with van der Waals surface area (Å²) in [4.78, 5) is 0. The summed E-state index contributed by atoms with van der Waals surface area (Å²) in [7, 11) is 0. The van der Waals surface area contributed by atoms with Crippen LogP contribution in [-0.2, 0) is 0 Å². The van der Waals surface area contributed by atoms with Crippen molar-refractivity contribution < 1.29 is 10.2 Å². The van der Waals surface area contributed by atoms with Gasteiger partial charge in [0.05, 0.1) is 6.61 Å². The Hall–Kier alpha value is -0.120. The molecule has 1 aliphatic rings. The molecule has 0 aliphatic carbocycles. The first-order chi connectivity index (χ1) is 4.83. The zero-order valence-corrected chi connectivity index (χ0v) is 6.14. The van der Waals surface area contributed by atoms with Crippen LogP contribution in [0.25, 0.3) is 0 Å². The molecular weight excluding hydrogens is 130 g/mol. The first-order valence-electron chi connectivity index (χ1n) is 3.75. The lowest BCUT2D eigenvalue weighted by Gasteiger charge is -2.23. The van der Waals surface area contributed by atoms with E-state index >= 15 is 0 Å². The lowest BCUT2D eigenvalue weighted by atomic mass is 9.85. The predicted molar refractivity (Wildman–Crippen MR) is 38.7 cm³/mol. The zero-order valence-electron chi connectivity index (χ0n) is 6.14. The van der Waals surface area contributed by atoms with Crippen LogP contribution < -0.4 is 5.32 Å². The Labute approximate surface area is 61.1 Å². The number of aliphatic hydroxyl groups excluding tert-OH is 2. The smallest absolute Gasteiger partial charge is 0.0500 e. The summed E-state index contributed by atoms with van der Waals surface area (Å²) in [6, 6.07) is 0. The maximum atomic E-state index is 9.00. The molecule has 3 heteroatoms. The van der Waals surface area contributed by atoms with Gasteiger partial charge in [-0.2, -0.15) is 0 Å². The van der Waals surface area contributed by atoms with Crippen molar-refractivity contribution in [1.29, 1.82) is 0 Å². The molecule has 1 atom stereocenters. The Morgan fingerprint density at radius 2 is 2.20 bits per heavy atom. The minimum Gasteiger partial charge on any atom is -0.396 e. The highest BCUT2D eigenvalue weighted by Gasteiger charge is 2.32. The molecule has 0 aromatic carbocycles. The van der Waals surface area contributed by atoms with Crippen LogP contribution in [0.15, 0.2) is 0 Å². The van der Waals surface area contributed by atoms with Crippen LogP contribution >= 0.6 is 0 Å².